The van der Waals surface area contributed by atoms with E-state index in [1.807, 2.05) is 49.3 Å². The Morgan fingerprint density at radius 3 is 2.76 bits per heavy atom. The lowest BCUT2D eigenvalue weighted by atomic mass is 10.0. The first-order valence-electron chi connectivity index (χ1n) is 7.99. The van der Waals surface area contributed by atoms with Gasteiger partial charge < -0.3 is 19.3 Å². The van der Waals surface area contributed by atoms with E-state index in [4.69, 9.17) is 9.47 Å². The van der Waals surface area contributed by atoms with E-state index in [1.165, 1.54) is 0 Å². The highest BCUT2D eigenvalue weighted by atomic mass is 16.7. The summed E-state index contributed by atoms with van der Waals surface area (Å²) in [5.41, 5.74) is 3.23. The van der Waals surface area contributed by atoms with Crippen LogP contribution in [-0.4, -0.2) is 31.7 Å². The number of hydrogen-bond acceptors (Lipinski definition) is 5. The van der Waals surface area contributed by atoms with Crippen LogP contribution in [0, 0.1) is 11.3 Å². The van der Waals surface area contributed by atoms with Crippen molar-refractivity contribution in [2.24, 2.45) is 0 Å². The maximum atomic E-state index is 12.8. The van der Waals surface area contributed by atoms with Crippen LogP contribution in [0.25, 0.3) is 0 Å². The number of amides is 1. The van der Waals surface area contributed by atoms with E-state index >= 15 is 0 Å². The molecule has 1 amide bonds. The zero-order valence-electron chi connectivity index (χ0n) is 14.0. The quantitative estimate of drug-likeness (QED) is 0.863. The van der Waals surface area contributed by atoms with Crippen LogP contribution in [0.3, 0.4) is 0 Å². The summed E-state index contributed by atoms with van der Waals surface area (Å²) in [6.07, 6.45) is 0. The van der Waals surface area contributed by atoms with Gasteiger partial charge in [-0.1, -0.05) is 6.07 Å². The number of nitrogens with zero attached hydrogens (tertiary/aromatic N) is 3. The average molecular weight is 335 g/mol. The van der Waals surface area contributed by atoms with Gasteiger partial charge >= 0.3 is 0 Å². The SMILES string of the molecule is CN(C)c1ccc2c(c1)C(C#N)N(Cc1ccc3c(c1)OCO3)C2=O. The second-order valence-corrected chi connectivity index (χ2v) is 6.32. The Labute approximate surface area is 145 Å². The average Bonchev–Trinajstić information content (AvgIpc) is 3.17. The van der Waals surface area contributed by atoms with Gasteiger partial charge in [-0.25, -0.2) is 0 Å². The molecule has 2 aromatic rings. The summed E-state index contributed by atoms with van der Waals surface area (Å²) in [4.78, 5) is 16.3. The normalized spacial score (nSPS) is 17.4. The third kappa shape index (κ3) is 2.45. The van der Waals surface area contributed by atoms with E-state index in [0.717, 1.165) is 16.8 Å². The molecule has 0 saturated heterocycles. The molecule has 0 N–H and O–H groups in total. The predicted molar refractivity (Wildman–Crippen MR) is 91.6 cm³/mol. The Kier molecular flexibility index (Phi) is 3.50. The van der Waals surface area contributed by atoms with Gasteiger partial charge in [0, 0.05) is 37.5 Å². The molecule has 0 aromatic heterocycles. The lowest BCUT2D eigenvalue weighted by Gasteiger charge is -2.20. The lowest BCUT2D eigenvalue weighted by Crippen LogP contribution is -2.26. The fourth-order valence-electron chi connectivity index (χ4n) is 3.23. The summed E-state index contributed by atoms with van der Waals surface area (Å²) in [5, 5.41) is 9.66. The second-order valence-electron chi connectivity index (χ2n) is 6.32. The molecule has 126 valence electrons. The number of fused-ring (bicyclic) bond motifs is 2. The number of carbonyl (C=O) groups excluding carboxylic acids is 1. The topological polar surface area (TPSA) is 65.8 Å². The van der Waals surface area contributed by atoms with Gasteiger partial charge in [-0.05, 0) is 35.9 Å². The van der Waals surface area contributed by atoms with Gasteiger partial charge in [0.05, 0.1) is 6.07 Å². The van der Waals surface area contributed by atoms with Gasteiger partial charge in [0.25, 0.3) is 5.91 Å². The standard InChI is InChI=1S/C19H17N3O3/c1-21(2)13-4-5-14-15(8-13)16(9-20)22(19(14)23)10-12-3-6-17-18(7-12)25-11-24-17/h3-8,16H,10-11H2,1-2H3. The van der Waals surface area contributed by atoms with Crippen molar-refractivity contribution in [2.75, 3.05) is 25.8 Å². The molecule has 0 saturated carbocycles. The molecule has 1 atom stereocenters. The molecule has 2 aliphatic heterocycles. The molecule has 2 aromatic carbocycles. The molecule has 1 unspecified atom stereocenters. The molecular weight excluding hydrogens is 318 g/mol. The minimum atomic E-state index is -0.590. The van der Waals surface area contributed by atoms with Crippen LogP contribution >= 0.6 is 0 Å². The number of rotatable bonds is 3. The van der Waals surface area contributed by atoms with E-state index in [0.29, 0.717) is 23.6 Å². The number of nitriles is 1. The highest BCUT2D eigenvalue weighted by molar-refractivity contribution is 6.00. The van der Waals surface area contributed by atoms with Crippen LogP contribution in [0.15, 0.2) is 36.4 Å². The first-order valence-corrected chi connectivity index (χ1v) is 7.99. The van der Waals surface area contributed by atoms with Crippen LogP contribution in [0.5, 0.6) is 11.5 Å². The molecule has 6 heteroatoms. The fourth-order valence-corrected chi connectivity index (χ4v) is 3.23. The monoisotopic (exact) mass is 335 g/mol. The van der Waals surface area contributed by atoms with Crippen molar-refractivity contribution in [2.45, 2.75) is 12.6 Å². The molecule has 2 aliphatic rings. The van der Waals surface area contributed by atoms with Gasteiger partial charge in [0.15, 0.2) is 11.5 Å². The van der Waals surface area contributed by atoms with Gasteiger partial charge in [-0.3, -0.25) is 4.79 Å². The summed E-state index contributed by atoms with van der Waals surface area (Å²) >= 11 is 0. The third-order valence-corrected chi connectivity index (χ3v) is 4.56. The molecule has 0 bridgehead atoms. The van der Waals surface area contributed by atoms with Crippen molar-refractivity contribution >= 4 is 11.6 Å². The Morgan fingerprint density at radius 2 is 2.00 bits per heavy atom. The number of anilines is 1. The predicted octanol–water partition coefficient (Wildman–Crippen LogP) is 2.70. The van der Waals surface area contributed by atoms with Crippen LogP contribution < -0.4 is 14.4 Å². The Balaban J connectivity index is 1.66. The first kappa shape index (κ1) is 15.3. The van der Waals surface area contributed by atoms with Crippen molar-refractivity contribution < 1.29 is 14.3 Å². The molecule has 4 rings (SSSR count). The van der Waals surface area contributed by atoms with Gasteiger partial charge in [0.2, 0.25) is 6.79 Å². The maximum Gasteiger partial charge on any atom is 0.255 e. The first-order chi connectivity index (χ1) is 12.1. The molecule has 0 fully saturated rings. The van der Waals surface area contributed by atoms with E-state index in [-0.39, 0.29) is 12.7 Å². The molecular formula is C19H17N3O3. The van der Waals surface area contributed by atoms with E-state index in [9.17, 15) is 10.1 Å². The highest BCUT2D eigenvalue weighted by Gasteiger charge is 2.37. The summed E-state index contributed by atoms with van der Waals surface area (Å²) < 4.78 is 10.7. The summed E-state index contributed by atoms with van der Waals surface area (Å²) in [6, 6.07) is 12.9. The van der Waals surface area contributed by atoms with E-state index < -0.39 is 6.04 Å². The molecule has 6 nitrogen and oxygen atoms in total. The van der Waals surface area contributed by atoms with Crippen molar-refractivity contribution in [3.63, 3.8) is 0 Å². The van der Waals surface area contributed by atoms with Crippen LogP contribution in [0.1, 0.15) is 27.5 Å². The summed E-state index contributed by atoms with van der Waals surface area (Å²) in [6.45, 7) is 0.556. The minimum Gasteiger partial charge on any atom is -0.454 e. The smallest absolute Gasteiger partial charge is 0.255 e. The number of hydrogen-bond donors (Lipinski definition) is 0. The zero-order chi connectivity index (χ0) is 17.6. The largest absolute Gasteiger partial charge is 0.454 e. The van der Waals surface area contributed by atoms with Gasteiger partial charge in [-0.15, -0.1) is 0 Å². The Morgan fingerprint density at radius 1 is 1.20 bits per heavy atom. The van der Waals surface area contributed by atoms with Crippen LogP contribution in [0.4, 0.5) is 5.69 Å². The maximum absolute atomic E-state index is 12.8. The molecule has 0 radical (unpaired) electrons. The van der Waals surface area contributed by atoms with Gasteiger partial charge in [0.1, 0.15) is 6.04 Å². The van der Waals surface area contributed by atoms with Crippen molar-refractivity contribution in [3.8, 4) is 17.6 Å². The summed E-state index contributed by atoms with van der Waals surface area (Å²) in [7, 11) is 3.87. The highest BCUT2D eigenvalue weighted by Crippen LogP contribution is 2.38. The second kappa shape index (κ2) is 5.71. The number of benzene rings is 2. The van der Waals surface area contributed by atoms with Crippen LogP contribution in [-0.2, 0) is 6.54 Å². The minimum absolute atomic E-state index is 0.121. The van der Waals surface area contributed by atoms with Crippen molar-refractivity contribution in [1.82, 2.24) is 4.90 Å². The van der Waals surface area contributed by atoms with Crippen molar-refractivity contribution in [3.05, 3.63) is 53.1 Å². The molecule has 2 heterocycles. The summed E-state index contributed by atoms with van der Waals surface area (Å²) in [5.74, 6) is 1.25. The zero-order valence-corrected chi connectivity index (χ0v) is 14.0. The Bertz CT molecular complexity index is 901. The number of ether oxygens (including phenoxy) is 2. The number of carbonyl (C=O) groups is 1. The third-order valence-electron chi connectivity index (χ3n) is 4.56. The lowest BCUT2D eigenvalue weighted by molar-refractivity contribution is 0.0744. The Hall–Kier alpha value is -3.20. The van der Waals surface area contributed by atoms with Crippen molar-refractivity contribution in [1.29, 1.82) is 5.26 Å². The van der Waals surface area contributed by atoms with E-state index in [1.54, 1.807) is 11.0 Å². The van der Waals surface area contributed by atoms with Crippen LogP contribution in [0.2, 0.25) is 0 Å². The fraction of sp³-hybridized carbons (Fsp3) is 0.263. The molecule has 25 heavy (non-hydrogen) atoms. The van der Waals surface area contributed by atoms with Gasteiger partial charge in [-0.2, -0.15) is 5.26 Å². The van der Waals surface area contributed by atoms with E-state index in [2.05, 4.69) is 6.07 Å². The molecule has 0 spiro atoms. The molecule has 0 aliphatic carbocycles.